The number of phosphoric ester groups is 1. The van der Waals surface area contributed by atoms with Crippen LogP contribution in [0.5, 0.6) is 0 Å². The Morgan fingerprint density at radius 1 is 1.12 bits per heavy atom. The van der Waals surface area contributed by atoms with E-state index in [1.807, 2.05) is 6.92 Å². The summed E-state index contributed by atoms with van der Waals surface area (Å²) in [6, 6.07) is 0. The molecular formula is C14H27O10P. The Morgan fingerprint density at radius 2 is 1.76 bits per heavy atom. The third-order valence-electron chi connectivity index (χ3n) is 2.82. The van der Waals surface area contributed by atoms with Gasteiger partial charge in [0.05, 0.1) is 19.8 Å². The first-order chi connectivity index (χ1) is 11.7. The van der Waals surface area contributed by atoms with Crippen LogP contribution in [-0.2, 0) is 32.7 Å². The first-order valence-electron chi connectivity index (χ1n) is 7.93. The summed E-state index contributed by atoms with van der Waals surface area (Å²) in [5.74, 6) is -1.15. The second-order valence-electron chi connectivity index (χ2n) is 5.27. The maximum atomic E-state index is 11.7. The number of carbonyl (C=O) groups excluding carboxylic acids is 2. The van der Waals surface area contributed by atoms with Crippen molar-refractivity contribution >= 4 is 19.8 Å². The molecule has 0 aliphatic carbocycles. The highest BCUT2D eigenvalue weighted by atomic mass is 31.2. The zero-order valence-corrected chi connectivity index (χ0v) is 15.4. The van der Waals surface area contributed by atoms with E-state index in [1.165, 1.54) is 0 Å². The van der Waals surface area contributed by atoms with Crippen molar-refractivity contribution in [3.63, 3.8) is 0 Å². The number of hydrogen-bond donors (Lipinski definition) is 3. The Kier molecular flexibility index (Phi) is 12.7. The zero-order valence-electron chi connectivity index (χ0n) is 14.5. The van der Waals surface area contributed by atoms with Gasteiger partial charge in [-0.3, -0.25) is 18.6 Å². The molecule has 0 saturated heterocycles. The van der Waals surface area contributed by atoms with Crippen LogP contribution in [0.3, 0.4) is 0 Å². The molecule has 0 aromatic heterocycles. The lowest BCUT2D eigenvalue weighted by atomic mass is 10.2. The number of esters is 2. The van der Waals surface area contributed by atoms with Gasteiger partial charge >= 0.3 is 19.8 Å². The van der Waals surface area contributed by atoms with Crippen LogP contribution in [0.1, 0.15) is 39.5 Å². The quantitative estimate of drug-likeness (QED) is 0.219. The number of aliphatic hydroxyl groups is 2. The standard InChI is InChI=1S/C14H27O10P/c1-3-4-5-6-14(18)24-13(9-21-11(2)16)10-23-25(19,20)22-8-12(17)7-15/h12-13,15,17H,3-10H2,1-2H3,(H,19,20)/t12-,13+/m0/s1. The Balaban J connectivity index is 4.48. The molecule has 0 aromatic carbocycles. The van der Waals surface area contributed by atoms with Crippen LogP contribution in [0.2, 0.25) is 0 Å². The van der Waals surface area contributed by atoms with Crippen LogP contribution in [0.25, 0.3) is 0 Å². The summed E-state index contributed by atoms with van der Waals surface area (Å²) >= 11 is 0. The fourth-order valence-corrected chi connectivity index (χ4v) is 2.33. The minimum atomic E-state index is -4.53. The summed E-state index contributed by atoms with van der Waals surface area (Å²) in [6.45, 7) is 0.997. The molecule has 0 aliphatic heterocycles. The molecule has 0 heterocycles. The minimum Gasteiger partial charge on any atom is -0.462 e. The van der Waals surface area contributed by atoms with Crippen LogP contribution in [0, 0.1) is 0 Å². The van der Waals surface area contributed by atoms with E-state index in [9.17, 15) is 19.0 Å². The van der Waals surface area contributed by atoms with Gasteiger partial charge in [-0.05, 0) is 6.42 Å². The highest BCUT2D eigenvalue weighted by Gasteiger charge is 2.26. The molecule has 0 bridgehead atoms. The fraction of sp³-hybridized carbons (Fsp3) is 0.857. The largest absolute Gasteiger partial charge is 0.472 e. The number of aliphatic hydroxyl groups excluding tert-OH is 2. The second-order valence-corrected chi connectivity index (χ2v) is 6.72. The molecule has 0 radical (unpaired) electrons. The monoisotopic (exact) mass is 386 g/mol. The van der Waals surface area contributed by atoms with Crippen molar-refractivity contribution in [3.05, 3.63) is 0 Å². The van der Waals surface area contributed by atoms with Gasteiger partial charge in [0.25, 0.3) is 0 Å². The third kappa shape index (κ3) is 13.9. The predicted molar refractivity (Wildman–Crippen MR) is 85.5 cm³/mol. The maximum absolute atomic E-state index is 11.7. The van der Waals surface area contributed by atoms with Crippen molar-refractivity contribution in [2.45, 2.75) is 51.7 Å². The predicted octanol–water partition coefficient (Wildman–Crippen LogP) is 0.528. The highest BCUT2D eigenvalue weighted by Crippen LogP contribution is 2.43. The molecule has 1 unspecified atom stereocenters. The molecule has 0 amide bonds. The number of ether oxygens (including phenoxy) is 2. The Hall–Kier alpha value is -1.03. The van der Waals surface area contributed by atoms with E-state index >= 15 is 0 Å². The molecule has 0 spiro atoms. The number of phosphoric acid groups is 1. The molecular weight excluding hydrogens is 359 g/mol. The van der Waals surface area contributed by atoms with Crippen molar-refractivity contribution in [1.29, 1.82) is 0 Å². The van der Waals surface area contributed by atoms with Gasteiger partial charge in [0, 0.05) is 13.3 Å². The lowest BCUT2D eigenvalue weighted by molar-refractivity contribution is -0.160. The van der Waals surface area contributed by atoms with E-state index in [1.54, 1.807) is 0 Å². The van der Waals surface area contributed by atoms with Crippen LogP contribution in [-0.4, -0.2) is 65.7 Å². The van der Waals surface area contributed by atoms with Gasteiger partial charge in [-0.1, -0.05) is 19.8 Å². The van der Waals surface area contributed by atoms with E-state index in [0.717, 1.165) is 19.8 Å². The molecule has 0 aliphatic rings. The lowest BCUT2D eigenvalue weighted by Gasteiger charge is -2.20. The van der Waals surface area contributed by atoms with E-state index < -0.39 is 51.8 Å². The zero-order chi connectivity index (χ0) is 19.3. The SMILES string of the molecule is CCCCCC(=O)O[C@H](COC(C)=O)COP(=O)(O)OC[C@@H](O)CO. The molecule has 25 heavy (non-hydrogen) atoms. The first-order valence-corrected chi connectivity index (χ1v) is 9.43. The number of carbonyl (C=O) groups is 2. The number of rotatable bonds is 14. The minimum absolute atomic E-state index is 0.167. The maximum Gasteiger partial charge on any atom is 0.472 e. The number of hydrogen-bond acceptors (Lipinski definition) is 9. The van der Waals surface area contributed by atoms with Gasteiger partial charge in [-0.15, -0.1) is 0 Å². The summed E-state index contributed by atoms with van der Waals surface area (Å²) in [6.07, 6.45) is 0.171. The molecule has 0 aromatic rings. The van der Waals surface area contributed by atoms with Crippen molar-refractivity contribution in [2.24, 2.45) is 0 Å². The molecule has 0 fully saturated rings. The van der Waals surface area contributed by atoms with E-state index in [2.05, 4.69) is 9.05 Å². The van der Waals surface area contributed by atoms with Gasteiger partial charge in [-0.2, -0.15) is 0 Å². The molecule has 0 saturated carbocycles. The third-order valence-corrected chi connectivity index (χ3v) is 3.77. The summed E-state index contributed by atoms with van der Waals surface area (Å²) in [4.78, 5) is 32.0. The van der Waals surface area contributed by atoms with Gasteiger partial charge in [0.1, 0.15) is 12.7 Å². The average molecular weight is 386 g/mol. The van der Waals surface area contributed by atoms with Crippen molar-refractivity contribution < 1.29 is 47.8 Å². The van der Waals surface area contributed by atoms with Crippen molar-refractivity contribution in [3.8, 4) is 0 Å². The average Bonchev–Trinajstić information content (AvgIpc) is 2.55. The van der Waals surface area contributed by atoms with Crippen molar-refractivity contribution in [2.75, 3.05) is 26.4 Å². The van der Waals surface area contributed by atoms with E-state index in [0.29, 0.717) is 6.42 Å². The molecule has 0 rings (SSSR count). The molecule has 10 nitrogen and oxygen atoms in total. The van der Waals surface area contributed by atoms with Gasteiger partial charge in [-0.25, -0.2) is 4.57 Å². The summed E-state index contributed by atoms with van der Waals surface area (Å²) < 4.78 is 30.6. The number of unbranched alkanes of at least 4 members (excludes halogenated alkanes) is 2. The Morgan fingerprint density at radius 3 is 2.32 bits per heavy atom. The summed E-state index contributed by atoms with van der Waals surface area (Å²) in [5, 5.41) is 17.7. The van der Waals surface area contributed by atoms with Gasteiger partial charge in [0.15, 0.2) is 6.10 Å². The molecule has 148 valence electrons. The molecule has 3 atom stereocenters. The second kappa shape index (κ2) is 13.2. The normalized spacial score (nSPS) is 15.9. The van der Waals surface area contributed by atoms with E-state index in [4.69, 9.17) is 19.7 Å². The van der Waals surface area contributed by atoms with Crippen LogP contribution >= 0.6 is 7.82 Å². The van der Waals surface area contributed by atoms with Gasteiger partial charge < -0.3 is 24.6 Å². The fourth-order valence-electron chi connectivity index (χ4n) is 1.54. The smallest absolute Gasteiger partial charge is 0.462 e. The summed E-state index contributed by atoms with van der Waals surface area (Å²) in [7, 11) is -4.53. The van der Waals surface area contributed by atoms with Gasteiger partial charge in [0.2, 0.25) is 0 Å². The van der Waals surface area contributed by atoms with Crippen LogP contribution in [0.15, 0.2) is 0 Å². The molecule has 11 heteroatoms. The lowest BCUT2D eigenvalue weighted by Crippen LogP contribution is -2.29. The Labute approximate surface area is 146 Å². The first kappa shape index (κ1) is 24.0. The highest BCUT2D eigenvalue weighted by molar-refractivity contribution is 7.47. The Bertz CT molecular complexity index is 441. The topological polar surface area (TPSA) is 149 Å². The van der Waals surface area contributed by atoms with E-state index in [-0.39, 0.29) is 13.0 Å². The summed E-state index contributed by atoms with van der Waals surface area (Å²) in [5.41, 5.74) is 0. The van der Waals surface area contributed by atoms with Crippen LogP contribution in [0.4, 0.5) is 0 Å². The molecule has 3 N–H and O–H groups in total. The van der Waals surface area contributed by atoms with Crippen LogP contribution < -0.4 is 0 Å². The van der Waals surface area contributed by atoms with Crippen molar-refractivity contribution in [1.82, 2.24) is 0 Å².